The van der Waals surface area contributed by atoms with E-state index in [0.717, 1.165) is 5.56 Å². The number of rotatable bonds is 3. The van der Waals surface area contributed by atoms with Crippen molar-refractivity contribution in [3.05, 3.63) is 53.6 Å². The Labute approximate surface area is 112 Å². The maximum atomic E-state index is 12.1. The molecule has 4 heteroatoms. The molecule has 0 bridgehead atoms. The van der Waals surface area contributed by atoms with Crippen LogP contribution in [-0.4, -0.2) is 13.0 Å². The standard InChI is InChI=1S/C15H16N2O2/c1-10-8-12(16)14(19-2)9-13(10)17-15(18)11-6-4-3-5-7-11/h3-9H,16H2,1-2H3,(H,17,18). The molecule has 0 saturated heterocycles. The van der Waals surface area contributed by atoms with Crippen molar-refractivity contribution >= 4 is 17.3 Å². The van der Waals surface area contributed by atoms with Gasteiger partial charge in [0.2, 0.25) is 0 Å². The fourth-order valence-corrected chi connectivity index (χ4v) is 1.81. The number of amides is 1. The number of aryl methyl sites for hydroxylation is 1. The van der Waals surface area contributed by atoms with Gasteiger partial charge in [-0.15, -0.1) is 0 Å². The topological polar surface area (TPSA) is 64.3 Å². The quantitative estimate of drug-likeness (QED) is 0.830. The molecule has 1 amide bonds. The number of nitrogens with one attached hydrogen (secondary N) is 1. The molecule has 0 heterocycles. The van der Waals surface area contributed by atoms with Crippen molar-refractivity contribution in [2.24, 2.45) is 0 Å². The molecule has 2 aromatic carbocycles. The Hall–Kier alpha value is -2.49. The number of benzene rings is 2. The number of nitrogens with two attached hydrogens (primary N) is 1. The Morgan fingerprint density at radius 1 is 1.21 bits per heavy atom. The van der Waals surface area contributed by atoms with Crippen LogP contribution >= 0.6 is 0 Å². The maximum Gasteiger partial charge on any atom is 0.255 e. The smallest absolute Gasteiger partial charge is 0.255 e. The number of hydrogen-bond acceptors (Lipinski definition) is 3. The molecular weight excluding hydrogens is 240 g/mol. The Balaban J connectivity index is 2.26. The lowest BCUT2D eigenvalue weighted by Crippen LogP contribution is -2.13. The third-order valence-electron chi connectivity index (χ3n) is 2.86. The van der Waals surface area contributed by atoms with Gasteiger partial charge in [-0.2, -0.15) is 0 Å². The summed E-state index contributed by atoms with van der Waals surface area (Å²) in [4.78, 5) is 12.1. The van der Waals surface area contributed by atoms with Crippen molar-refractivity contribution in [2.75, 3.05) is 18.2 Å². The van der Waals surface area contributed by atoms with E-state index in [4.69, 9.17) is 10.5 Å². The third-order valence-corrected chi connectivity index (χ3v) is 2.86. The normalized spacial score (nSPS) is 10.0. The molecule has 0 atom stereocenters. The summed E-state index contributed by atoms with van der Waals surface area (Å²) in [5.41, 5.74) is 8.55. The number of anilines is 2. The Bertz CT molecular complexity index is 595. The van der Waals surface area contributed by atoms with Gasteiger partial charge in [0.05, 0.1) is 12.8 Å². The predicted molar refractivity (Wildman–Crippen MR) is 76.5 cm³/mol. The van der Waals surface area contributed by atoms with Gasteiger partial charge in [-0.3, -0.25) is 4.79 Å². The summed E-state index contributed by atoms with van der Waals surface area (Å²) >= 11 is 0. The molecule has 98 valence electrons. The van der Waals surface area contributed by atoms with Crippen molar-refractivity contribution in [1.29, 1.82) is 0 Å². The molecule has 0 radical (unpaired) electrons. The first-order valence-corrected chi connectivity index (χ1v) is 5.92. The van der Waals surface area contributed by atoms with Crippen molar-refractivity contribution in [3.63, 3.8) is 0 Å². The van der Waals surface area contributed by atoms with Gasteiger partial charge >= 0.3 is 0 Å². The van der Waals surface area contributed by atoms with Crippen LogP contribution in [0.25, 0.3) is 0 Å². The first-order valence-electron chi connectivity index (χ1n) is 5.92. The molecule has 0 unspecified atom stereocenters. The number of nitrogen functional groups attached to an aromatic ring is 1. The van der Waals surface area contributed by atoms with Gasteiger partial charge in [0.1, 0.15) is 5.75 Å². The summed E-state index contributed by atoms with van der Waals surface area (Å²) in [5, 5.41) is 2.85. The zero-order valence-corrected chi connectivity index (χ0v) is 10.9. The van der Waals surface area contributed by atoms with Gasteiger partial charge in [-0.05, 0) is 30.7 Å². The summed E-state index contributed by atoms with van der Waals surface area (Å²) in [6, 6.07) is 12.5. The molecule has 0 fully saturated rings. The second kappa shape index (κ2) is 5.44. The average Bonchev–Trinajstić information content (AvgIpc) is 2.42. The lowest BCUT2D eigenvalue weighted by Gasteiger charge is -2.12. The summed E-state index contributed by atoms with van der Waals surface area (Å²) < 4.78 is 5.15. The van der Waals surface area contributed by atoms with Crippen LogP contribution in [0.3, 0.4) is 0 Å². The van der Waals surface area contributed by atoms with E-state index >= 15 is 0 Å². The molecule has 0 spiro atoms. The van der Waals surface area contributed by atoms with Gasteiger partial charge in [-0.1, -0.05) is 18.2 Å². The maximum absolute atomic E-state index is 12.1. The van der Waals surface area contributed by atoms with E-state index in [1.54, 1.807) is 31.4 Å². The minimum atomic E-state index is -0.157. The summed E-state index contributed by atoms with van der Waals surface area (Å²) in [6.07, 6.45) is 0. The molecule has 0 aliphatic heterocycles. The zero-order chi connectivity index (χ0) is 13.8. The van der Waals surface area contributed by atoms with E-state index in [9.17, 15) is 4.79 Å². The van der Waals surface area contributed by atoms with E-state index in [2.05, 4.69) is 5.32 Å². The predicted octanol–water partition coefficient (Wildman–Crippen LogP) is 2.84. The van der Waals surface area contributed by atoms with Crippen molar-refractivity contribution in [1.82, 2.24) is 0 Å². The first kappa shape index (κ1) is 13.0. The highest BCUT2D eigenvalue weighted by Gasteiger charge is 2.10. The number of carbonyl (C=O) groups is 1. The molecule has 0 aliphatic rings. The highest BCUT2D eigenvalue weighted by atomic mass is 16.5. The fourth-order valence-electron chi connectivity index (χ4n) is 1.81. The van der Waals surface area contributed by atoms with Gasteiger partial charge in [0.15, 0.2) is 0 Å². The largest absolute Gasteiger partial charge is 0.495 e. The molecule has 19 heavy (non-hydrogen) atoms. The number of methoxy groups -OCH3 is 1. The second-order valence-electron chi connectivity index (χ2n) is 4.23. The molecule has 3 N–H and O–H groups in total. The Kier molecular flexibility index (Phi) is 3.71. The third kappa shape index (κ3) is 2.85. The number of ether oxygens (including phenoxy) is 1. The number of carbonyl (C=O) groups excluding carboxylic acids is 1. The summed E-state index contributed by atoms with van der Waals surface area (Å²) in [7, 11) is 1.55. The molecule has 4 nitrogen and oxygen atoms in total. The zero-order valence-electron chi connectivity index (χ0n) is 10.9. The molecule has 2 rings (SSSR count). The molecule has 2 aromatic rings. The van der Waals surface area contributed by atoms with Crippen LogP contribution in [0.4, 0.5) is 11.4 Å². The van der Waals surface area contributed by atoms with Crippen LogP contribution in [0.1, 0.15) is 15.9 Å². The van der Waals surface area contributed by atoms with E-state index in [1.807, 2.05) is 25.1 Å². The first-order chi connectivity index (χ1) is 9.11. The van der Waals surface area contributed by atoms with Crippen LogP contribution in [0, 0.1) is 6.92 Å². The van der Waals surface area contributed by atoms with Crippen LogP contribution in [-0.2, 0) is 0 Å². The van der Waals surface area contributed by atoms with Gasteiger partial charge < -0.3 is 15.8 Å². The SMILES string of the molecule is COc1cc(NC(=O)c2ccccc2)c(C)cc1N. The van der Waals surface area contributed by atoms with Crippen LogP contribution in [0.5, 0.6) is 5.75 Å². The van der Waals surface area contributed by atoms with Crippen LogP contribution < -0.4 is 15.8 Å². The fraction of sp³-hybridized carbons (Fsp3) is 0.133. The van der Waals surface area contributed by atoms with E-state index in [1.165, 1.54) is 0 Å². The second-order valence-corrected chi connectivity index (χ2v) is 4.23. The molecular formula is C15H16N2O2. The molecule has 0 aromatic heterocycles. The Morgan fingerprint density at radius 3 is 2.53 bits per heavy atom. The lowest BCUT2D eigenvalue weighted by atomic mass is 10.1. The van der Waals surface area contributed by atoms with E-state index in [-0.39, 0.29) is 5.91 Å². The summed E-state index contributed by atoms with van der Waals surface area (Å²) in [6.45, 7) is 1.89. The van der Waals surface area contributed by atoms with Crippen molar-refractivity contribution in [2.45, 2.75) is 6.92 Å². The number of hydrogen-bond donors (Lipinski definition) is 2. The Morgan fingerprint density at radius 2 is 1.89 bits per heavy atom. The molecule has 0 aliphatic carbocycles. The van der Waals surface area contributed by atoms with Crippen LogP contribution in [0.2, 0.25) is 0 Å². The molecule has 0 saturated carbocycles. The van der Waals surface area contributed by atoms with E-state index < -0.39 is 0 Å². The average molecular weight is 256 g/mol. The van der Waals surface area contributed by atoms with Gasteiger partial charge in [-0.25, -0.2) is 0 Å². The van der Waals surface area contributed by atoms with Crippen molar-refractivity contribution in [3.8, 4) is 5.75 Å². The van der Waals surface area contributed by atoms with Crippen molar-refractivity contribution < 1.29 is 9.53 Å². The van der Waals surface area contributed by atoms with E-state index in [0.29, 0.717) is 22.7 Å². The van der Waals surface area contributed by atoms with Crippen LogP contribution in [0.15, 0.2) is 42.5 Å². The lowest BCUT2D eigenvalue weighted by molar-refractivity contribution is 0.102. The highest BCUT2D eigenvalue weighted by molar-refractivity contribution is 6.04. The monoisotopic (exact) mass is 256 g/mol. The minimum absolute atomic E-state index is 0.157. The van der Waals surface area contributed by atoms with Gasteiger partial charge in [0.25, 0.3) is 5.91 Å². The minimum Gasteiger partial charge on any atom is -0.495 e. The highest BCUT2D eigenvalue weighted by Crippen LogP contribution is 2.29. The van der Waals surface area contributed by atoms with Gasteiger partial charge in [0, 0.05) is 17.3 Å². The summed E-state index contributed by atoms with van der Waals surface area (Å²) in [5.74, 6) is 0.393.